The van der Waals surface area contributed by atoms with E-state index in [1.54, 1.807) is 24.3 Å². The summed E-state index contributed by atoms with van der Waals surface area (Å²) in [5.74, 6) is -0.629. The highest BCUT2D eigenvalue weighted by molar-refractivity contribution is 7.90. The average molecular weight is 264 g/mol. The predicted molar refractivity (Wildman–Crippen MR) is 69.4 cm³/mol. The van der Waals surface area contributed by atoms with Gasteiger partial charge in [-0.1, -0.05) is 24.3 Å². The molecule has 2 aromatic rings. The average Bonchev–Trinajstić information content (AvgIpc) is 2.27. The fourth-order valence-corrected chi connectivity index (χ4v) is 2.98. The minimum atomic E-state index is -3.86. The summed E-state index contributed by atoms with van der Waals surface area (Å²) in [6, 6.07) is 9.78. The van der Waals surface area contributed by atoms with Crippen molar-refractivity contribution in [2.45, 2.75) is 11.8 Å². The highest BCUT2D eigenvalue weighted by Gasteiger charge is 2.18. The zero-order valence-corrected chi connectivity index (χ0v) is 10.5. The molecule has 3 N–H and O–H groups in total. The fourth-order valence-electron chi connectivity index (χ4n) is 1.77. The predicted octanol–water partition coefficient (Wildman–Crippen LogP) is 1.25. The highest BCUT2D eigenvalue weighted by Crippen LogP contribution is 2.27. The molecule has 0 bridgehead atoms. The smallest absolute Gasteiger partial charge is 0.264 e. The van der Waals surface area contributed by atoms with E-state index in [9.17, 15) is 13.2 Å². The summed E-state index contributed by atoms with van der Waals surface area (Å²) in [4.78, 5) is 11.0. The van der Waals surface area contributed by atoms with Crippen molar-refractivity contribution in [2.75, 3.05) is 5.73 Å². The van der Waals surface area contributed by atoms with Crippen molar-refractivity contribution in [2.24, 2.45) is 0 Å². The maximum absolute atomic E-state index is 12.0. The molecule has 0 radical (unpaired) electrons. The SMILES string of the molecule is CC(=O)NS(=O)(=O)c1ccc(N)c2ccccc12. The van der Waals surface area contributed by atoms with Crippen molar-refractivity contribution < 1.29 is 13.2 Å². The molecule has 0 aromatic heterocycles. The van der Waals surface area contributed by atoms with Gasteiger partial charge in [-0.3, -0.25) is 4.79 Å². The normalized spacial score (nSPS) is 11.4. The van der Waals surface area contributed by atoms with E-state index in [2.05, 4.69) is 0 Å². The first-order chi connectivity index (χ1) is 8.42. The third-order valence-electron chi connectivity index (χ3n) is 2.49. The van der Waals surface area contributed by atoms with Crippen LogP contribution in [0.1, 0.15) is 6.92 Å². The molecule has 5 nitrogen and oxygen atoms in total. The zero-order chi connectivity index (χ0) is 13.3. The molecule has 0 aliphatic carbocycles. The topological polar surface area (TPSA) is 89.3 Å². The summed E-state index contributed by atoms with van der Waals surface area (Å²) in [5.41, 5.74) is 6.28. The molecular weight excluding hydrogens is 252 g/mol. The number of hydrogen-bond donors (Lipinski definition) is 2. The number of anilines is 1. The first kappa shape index (κ1) is 12.4. The van der Waals surface area contributed by atoms with Gasteiger partial charge in [0.05, 0.1) is 4.90 Å². The van der Waals surface area contributed by atoms with Crippen molar-refractivity contribution in [3.8, 4) is 0 Å². The second kappa shape index (κ2) is 4.30. The number of amides is 1. The lowest BCUT2D eigenvalue weighted by atomic mass is 10.1. The summed E-state index contributed by atoms with van der Waals surface area (Å²) in [5, 5.41) is 1.13. The van der Waals surface area contributed by atoms with Crippen LogP contribution >= 0.6 is 0 Å². The first-order valence-corrected chi connectivity index (χ1v) is 6.71. The van der Waals surface area contributed by atoms with E-state index in [0.29, 0.717) is 16.5 Å². The standard InChI is InChI=1S/C12H12N2O3S/c1-8(15)14-18(16,17)12-7-6-11(13)9-4-2-3-5-10(9)12/h2-7H,13H2,1H3,(H,14,15). The number of nitrogens with one attached hydrogen (secondary N) is 1. The van der Waals surface area contributed by atoms with Gasteiger partial charge in [0.1, 0.15) is 0 Å². The van der Waals surface area contributed by atoms with Gasteiger partial charge in [-0.15, -0.1) is 0 Å². The summed E-state index contributed by atoms with van der Waals surface area (Å²) in [6.45, 7) is 1.15. The number of nitrogen functional groups attached to an aromatic ring is 1. The van der Waals surface area contributed by atoms with Gasteiger partial charge in [0.2, 0.25) is 5.91 Å². The molecule has 0 saturated heterocycles. The monoisotopic (exact) mass is 264 g/mol. The van der Waals surface area contributed by atoms with Crippen molar-refractivity contribution in [1.29, 1.82) is 0 Å². The molecule has 0 aliphatic rings. The second-order valence-corrected chi connectivity index (χ2v) is 5.51. The van der Waals surface area contributed by atoms with Crippen LogP contribution in [0, 0.1) is 0 Å². The second-order valence-electron chi connectivity index (χ2n) is 3.86. The molecule has 0 heterocycles. The Morgan fingerprint density at radius 2 is 1.72 bits per heavy atom. The van der Waals surface area contributed by atoms with Crippen LogP contribution in [0.4, 0.5) is 5.69 Å². The van der Waals surface area contributed by atoms with Crippen molar-refractivity contribution in [1.82, 2.24) is 4.72 Å². The Morgan fingerprint density at radius 3 is 2.33 bits per heavy atom. The lowest BCUT2D eigenvalue weighted by Crippen LogP contribution is -2.28. The van der Waals surface area contributed by atoms with Gasteiger partial charge in [-0.05, 0) is 12.1 Å². The van der Waals surface area contributed by atoms with Gasteiger partial charge in [0.15, 0.2) is 0 Å². The summed E-state index contributed by atoms with van der Waals surface area (Å²) in [6.07, 6.45) is 0. The lowest BCUT2D eigenvalue weighted by Gasteiger charge is -2.09. The van der Waals surface area contributed by atoms with E-state index < -0.39 is 15.9 Å². The van der Waals surface area contributed by atoms with Crippen LogP contribution in [-0.2, 0) is 14.8 Å². The fraction of sp³-hybridized carbons (Fsp3) is 0.0833. The molecule has 1 amide bonds. The number of fused-ring (bicyclic) bond motifs is 1. The van der Waals surface area contributed by atoms with E-state index in [0.717, 1.165) is 6.92 Å². The van der Waals surface area contributed by atoms with Crippen molar-refractivity contribution >= 4 is 32.4 Å². The first-order valence-electron chi connectivity index (χ1n) is 5.22. The maximum atomic E-state index is 12.0. The molecule has 6 heteroatoms. The Hall–Kier alpha value is -2.08. The van der Waals surface area contributed by atoms with E-state index in [-0.39, 0.29) is 4.90 Å². The van der Waals surface area contributed by atoms with Crippen LogP contribution in [0.25, 0.3) is 10.8 Å². The number of benzene rings is 2. The van der Waals surface area contributed by atoms with Gasteiger partial charge in [0, 0.05) is 23.4 Å². The van der Waals surface area contributed by atoms with Gasteiger partial charge in [-0.25, -0.2) is 13.1 Å². The number of sulfonamides is 1. The maximum Gasteiger partial charge on any atom is 0.264 e. The van der Waals surface area contributed by atoms with Crippen LogP contribution in [-0.4, -0.2) is 14.3 Å². The van der Waals surface area contributed by atoms with Gasteiger partial charge in [0.25, 0.3) is 10.0 Å². The molecule has 0 aliphatic heterocycles. The van der Waals surface area contributed by atoms with Crippen LogP contribution in [0.2, 0.25) is 0 Å². The molecule has 18 heavy (non-hydrogen) atoms. The number of rotatable bonds is 2. The third kappa shape index (κ3) is 2.14. The summed E-state index contributed by atoms with van der Waals surface area (Å²) >= 11 is 0. The molecule has 0 fully saturated rings. The Bertz CT molecular complexity index is 723. The minimum Gasteiger partial charge on any atom is -0.398 e. The molecule has 0 atom stereocenters. The minimum absolute atomic E-state index is 0.0440. The molecule has 2 aromatic carbocycles. The van der Waals surface area contributed by atoms with E-state index in [1.807, 2.05) is 4.72 Å². The zero-order valence-electron chi connectivity index (χ0n) is 9.67. The number of hydrogen-bond acceptors (Lipinski definition) is 4. The van der Waals surface area contributed by atoms with E-state index in [4.69, 9.17) is 5.73 Å². The molecule has 2 rings (SSSR count). The molecule has 0 unspecified atom stereocenters. The van der Waals surface area contributed by atoms with Gasteiger partial charge >= 0.3 is 0 Å². The summed E-state index contributed by atoms with van der Waals surface area (Å²) < 4.78 is 25.9. The summed E-state index contributed by atoms with van der Waals surface area (Å²) in [7, 11) is -3.86. The van der Waals surface area contributed by atoms with Crippen molar-refractivity contribution in [3.63, 3.8) is 0 Å². The van der Waals surface area contributed by atoms with E-state index in [1.165, 1.54) is 12.1 Å². The van der Waals surface area contributed by atoms with E-state index >= 15 is 0 Å². The van der Waals surface area contributed by atoms with Crippen LogP contribution < -0.4 is 10.5 Å². The number of carbonyl (C=O) groups excluding carboxylic acids is 1. The van der Waals surface area contributed by atoms with Crippen LogP contribution in [0.3, 0.4) is 0 Å². The quantitative estimate of drug-likeness (QED) is 0.799. The van der Waals surface area contributed by atoms with Crippen LogP contribution in [0.15, 0.2) is 41.3 Å². The highest BCUT2D eigenvalue weighted by atomic mass is 32.2. The Labute approximate surface area is 105 Å². The van der Waals surface area contributed by atoms with Crippen LogP contribution in [0.5, 0.6) is 0 Å². The molecule has 0 spiro atoms. The van der Waals surface area contributed by atoms with Gasteiger partial charge in [-0.2, -0.15) is 0 Å². The molecular formula is C12H12N2O3S. The Balaban J connectivity index is 2.73. The van der Waals surface area contributed by atoms with Gasteiger partial charge < -0.3 is 5.73 Å². The number of nitrogens with two attached hydrogens (primary N) is 1. The number of carbonyl (C=O) groups is 1. The third-order valence-corrected chi connectivity index (χ3v) is 3.98. The Morgan fingerprint density at radius 1 is 1.11 bits per heavy atom. The molecule has 0 saturated carbocycles. The largest absolute Gasteiger partial charge is 0.398 e. The Kier molecular flexibility index (Phi) is 2.96. The molecule has 94 valence electrons. The van der Waals surface area contributed by atoms with Crippen molar-refractivity contribution in [3.05, 3.63) is 36.4 Å². The lowest BCUT2D eigenvalue weighted by molar-refractivity contribution is -0.117.